The summed E-state index contributed by atoms with van der Waals surface area (Å²) in [5, 5.41) is 8.72. The Balaban J connectivity index is 1.16. The molecule has 1 aromatic heterocycles. The van der Waals surface area contributed by atoms with E-state index in [9.17, 15) is 18.4 Å². The zero-order chi connectivity index (χ0) is 30.4. The lowest BCUT2D eigenvalue weighted by Gasteiger charge is -2.16. The van der Waals surface area contributed by atoms with Crippen molar-refractivity contribution in [2.75, 3.05) is 24.3 Å². The number of pyridine rings is 1. The first kappa shape index (κ1) is 29.1. The number of fused-ring (bicyclic) bond motifs is 1. The highest BCUT2D eigenvalue weighted by molar-refractivity contribution is 6.08. The number of carbonyl (C=O) groups is 2. The molecule has 1 unspecified atom stereocenters. The third-order valence-electron chi connectivity index (χ3n) is 6.32. The number of aromatic nitrogens is 1. The average Bonchev–Trinajstić information content (AvgIpc) is 3.32. The molecule has 1 aliphatic heterocycles. The molecule has 2 heterocycles. The molecule has 0 radical (unpaired) electrons. The van der Waals surface area contributed by atoms with Crippen molar-refractivity contribution in [3.8, 4) is 23.0 Å². The lowest BCUT2D eigenvalue weighted by atomic mass is 10.1. The third kappa shape index (κ3) is 7.47. The Labute approximate surface area is 245 Å². The Morgan fingerprint density at radius 1 is 0.930 bits per heavy atom. The Hall–Kier alpha value is -5.39. The molecule has 1 atom stereocenters. The van der Waals surface area contributed by atoms with Gasteiger partial charge in [0.1, 0.15) is 23.3 Å². The molecule has 0 bridgehead atoms. The number of methoxy groups -OCH3 is 1. The predicted octanol–water partition coefficient (Wildman–Crippen LogP) is 5.47. The number of amides is 2. The van der Waals surface area contributed by atoms with Gasteiger partial charge in [0.15, 0.2) is 11.5 Å². The summed E-state index contributed by atoms with van der Waals surface area (Å²) in [6.07, 6.45) is -2.51. The summed E-state index contributed by atoms with van der Waals surface area (Å²) in [4.78, 5) is 30.0. The molecule has 5 rings (SSSR count). The van der Waals surface area contributed by atoms with Crippen LogP contribution in [0.25, 0.3) is 0 Å². The summed E-state index contributed by atoms with van der Waals surface area (Å²) >= 11 is 0. The molecular formula is C31H28F2N4O6. The Bertz CT molecular complexity index is 1620. The fourth-order valence-corrected chi connectivity index (χ4v) is 4.22. The molecule has 3 aromatic carbocycles. The summed E-state index contributed by atoms with van der Waals surface area (Å²) in [5.74, 6) is 0.266. The van der Waals surface area contributed by atoms with E-state index in [0.29, 0.717) is 23.5 Å². The van der Waals surface area contributed by atoms with Gasteiger partial charge in [-0.15, -0.1) is 8.78 Å². The molecule has 0 saturated heterocycles. The van der Waals surface area contributed by atoms with Crippen LogP contribution < -0.4 is 34.9 Å². The molecule has 222 valence electrons. The van der Waals surface area contributed by atoms with Crippen LogP contribution in [0.15, 0.2) is 85.1 Å². The van der Waals surface area contributed by atoms with E-state index in [4.69, 9.17) is 9.47 Å². The number of benzene rings is 3. The number of rotatable bonds is 11. The van der Waals surface area contributed by atoms with Crippen molar-refractivity contribution < 1.29 is 37.3 Å². The average molecular weight is 591 g/mol. The molecule has 0 aliphatic carbocycles. The lowest BCUT2D eigenvalue weighted by Crippen LogP contribution is -2.34. The van der Waals surface area contributed by atoms with Crippen molar-refractivity contribution >= 4 is 23.2 Å². The molecule has 1 aliphatic rings. The van der Waals surface area contributed by atoms with Gasteiger partial charge in [-0.25, -0.2) is 0 Å². The molecule has 0 fully saturated rings. The number of anilines is 2. The van der Waals surface area contributed by atoms with E-state index in [-0.39, 0.29) is 41.4 Å². The maximum atomic E-state index is 13.3. The monoisotopic (exact) mass is 590 g/mol. The number of nitrogens with one attached hydrogen (secondary N) is 3. The van der Waals surface area contributed by atoms with Gasteiger partial charge in [-0.2, -0.15) is 0 Å². The standard InChI is InChI=1S/C31H28F2N4O6/c1-19(41-23-10-8-22(40-2)9-11-23)17-36-30(39)26-15-20(13-14-34-26)18-35-25-6-4-3-5-24(25)29(38)37-21-7-12-27-28(16-21)43-31(32,33)42-27/h3-16,19,35H,17-18H2,1-2H3,(H,36,39)(H,37,38). The molecule has 4 aromatic rings. The van der Waals surface area contributed by atoms with Gasteiger partial charge in [0, 0.05) is 30.2 Å². The van der Waals surface area contributed by atoms with E-state index in [1.807, 2.05) is 6.92 Å². The maximum Gasteiger partial charge on any atom is 0.586 e. The predicted molar refractivity (Wildman–Crippen MR) is 154 cm³/mol. The first-order valence-electron chi connectivity index (χ1n) is 13.3. The number of nitrogens with zero attached hydrogens (tertiary/aromatic N) is 1. The Morgan fingerprint density at radius 3 is 2.47 bits per heavy atom. The van der Waals surface area contributed by atoms with Crippen LogP contribution in [0.2, 0.25) is 0 Å². The van der Waals surface area contributed by atoms with Gasteiger partial charge in [-0.1, -0.05) is 12.1 Å². The fourth-order valence-electron chi connectivity index (χ4n) is 4.22. The van der Waals surface area contributed by atoms with E-state index >= 15 is 0 Å². The van der Waals surface area contributed by atoms with Crippen LogP contribution in [0.4, 0.5) is 20.2 Å². The second-order valence-corrected chi connectivity index (χ2v) is 9.55. The van der Waals surface area contributed by atoms with Gasteiger partial charge in [-0.05, 0) is 73.2 Å². The number of carbonyl (C=O) groups excluding carboxylic acids is 2. The molecule has 2 amide bonds. The van der Waals surface area contributed by atoms with Gasteiger partial charge in [0.05, 0.1) is 19.2 Å². The van der Waals surface area contributed by atoms with Crippen LogP contribution in [-0.4, -0.2) is 42.9 Å². The van der Waals surface area contributed by atoms with Crippen LogP contribution in [0, 0.1) is 0 Å². The third-order valence-corrected chi connectivity index (χ3v) is 6.32. The van der Waals surface area contributed by atoms with Gasteiger partial charge in [0.2, 0.25) is 0 Å². The number of halogens is 2. The summed E-state index contributed by atoms with van der Waals surface area (Å²) in [6, 6.07) is 21.4. The zero-order valence-corrected chi connectivity index (χ0v) is 23.2. The minimum Gasteiger partial charge on any atom is -0.497 e. The Morgan fingerprint density at radius 2 is 1.67 bits per heavy atom. The fraction of sp³-hybridized carbons (Fsp3) is 0.194. The largest absolute Gasteiger partial charge is 0.586 e. The van der Waals surface area contributed by atoms with E-state index in [1.165, 1.54) is 24.4 Å². The summed E-state index contributed by atoms with van der Waals surface area (Å²) in [5.41, 5.74) is 2.10. The van der Waals surface area contributed by atoms with E-state index in [2.05, 4.69) is 30.4 Å². The molecule has 0 saturated carbocycles. The van der Waals surface area contributed by atoms with Crippen molar-refractivity contribution in [3.05, 3.63) is 102 Å². The van der Waals surface area contributed by atoms with Crippen molar-refractivity contribution in [1.29, 1.82) is 0 Å². The highest BCUT2D eigenvalue weighted by Crippen LogP contribution is 2.42. The van der Waals surface area contributed by atoms with Gasteiger partial charge >= 0.3 is 6.29 Å². The van der Waals surface area contributed by atoms with Crippen molar-refractivity contribution in [2.24, 2.45) is 0 Å². The van der Waals surface area contributed by atoms with Gasteiger partial charge in [-0.3, -0.25) is 14.6 Å². The molecular weight excluding hydrogens is 562 g/mol. The van der Waals surface area contributed by atoms with Gasteiger partial charge < -0.3 is 34.9 Å². The van der Waals surface area contributed by atoms with Gasteiger partial charge in [0.25, 0.3) is 11.8 Å². The number of hydrogen-bond acceptors (Lipinski definition) is 8. The maximum absolute atomic E-state index is 13.3. The summed E-state index contributed by atoms with van der Waals surface area (Å²) < 4.78 is 46.5. The summed E-state index contributed by atoms with van der Waals surface area (Å²) in [6.45, 7) is 2.41. The van der Waals surface area contributed by atoms with E-state index in [1.54, 1.807) is 67.8 Å². The second kappa shape index (κ2) is 12.6. The van der Waals surface area contributed by atoms with Crippen LogP contribution >= 0.6 is 0 Å². The molecule has 43 heavy (non-hydrogen) atoms. The van der Waals surface area contributed by atoms with E-state index in [0.717, 1.165) is 11.3 Å². The molecule has 12 heteroatoms. The first-order valence-corrected chi connectivity index (χ1v) is 13.3. The SMILES string of the molecule is COc1ccc(OC(C)CNC(=O)c2cc(CNc3ccccc3C(=O)Nc3ccc4c(c3)OC(F)(F)O4)ccn2)cc1. The Kier molecular flexibility index (Phi) is 8.56. The lowest BCUT2D eigenvalue weighted by molar-refractivity contribution is -0.286. The molecule has 0 spiro atoms. The van der Waals surface area contributed by atoms with Crippen molar-refractivity contribution in [1.82, 2.24) is 10.3 Å². The minimum atomic E-state index is -3.75. The minimum absolute atomic E-state index is 0.119. The zero-order valence-electron chi connectivity index (χ0n) is 23.2. The first-order chi connectivity index (χ1) is 20.7. The number of para-hydroxylation sites is 1. The highest BCUT2D eigenvalue weighted by Gasteiger charge is 2.43. The number of ether oxygens (including phenoxy) is 4. The topological polar surface area (TPSA) is 120 Å². The summed E-state index contributed by atoms with van der Waals surface area (Å²) in [7, 11) is 1.59. The highest BCUT2D eigenvalue weighted by atomic mass is 19.3. The van der Waals surface area contributed by atoms with Crippen molar-refractivity contribution in [2.45, 2.75) is 25.9 Å². The number of alkyl halides is 2. The molecule has 3 N–H and O–H groups in total. The number of hydrogen-bond donors (Lipinski definition) is 3. The smallest absolute Gasteiger partial charge is 0.497 e. The second-order valence-electron chi connectivity index (χ2n) is 9.55. The van der Waals surface area contributed by atoms with Crippen LogP contribution in [0.3, 0.4) is 0 Å². The van der Waals surface area contributed by atoms with Crippen LogP contribution in [0.5, 0.6) is 23.0 Å². The van der Waals surface area contributed by atoms with Crippen molar-refractivity contribution in [3.63, 3.8) is 0 Å². The quantitative estimate of drug-likeness (QED) is 0.210. The van der Waals surface area contributed by atoms with Crippen LogP contribution in [-0.2, 0) is 6.54 Å². The molecule has 10 nitrogen and oxygen atoms in total. The van der Waals surface area contributed by atoms with Crippen LogP contribution in [0.1, 0.15) is 33.3 Å². The normalized spacial score (nSPS) is 13.5. The van der Waals surface area contributed by atoms with E-state index < -0.39 is 12.2 Å².